The topological polar surface area (TPSA) is 101 Å². The van der Waals surface area contributed by atoms with E-state index in [1.54, 1.807) is 0 Å². The Morgan fingerprint density at radius 1 is 1.27 bits per heavy atom. The van der Waals surface area contributed by atoms with Crippen molar-refractivity contribution in [2.45, 2.75) is 17.4 Å². The highest BCUT2D eigenvalue weighted by molar-refractivity contribution is 7.89. The van der Waals surface area contributed by atoms with Crippen molar-refractivity contribution in [3.63, 3.8) is 0 Å². The molecule has 10 heteroatoms. The third kappa shape index (κ3) is 4.33. The van der Waals surface area contributed by atoms with Crippen LogP contribution in [0.25, 0.3) is 0 Å². The van der Waals surface area contributed by atoms with Crippen molar-refractivity contribution >= 4 is 39.7 Å². The second-order valence-electron chi connectivity index (χ2n) is 5.68. The molecule has 7 nitrogen and oxygen atoms in total. The van der Waals surface area contributed by atoms with Crippen LogP contribution in [-0.4, -0.2) is 26.4 Å². The Morgan fingerprint density at radius 2 is 2.00 bits per heavy atom. The van der Waals surface area contributed by atoms with Crippen molar-refractivity contribution in [3.05, 3.63) is 68.7 Å². The van der Waals surface area contributed by atoms with Crippen molar-refractivity contribution in [2.75, 3.05) is 13.1 Å². The molecule has 0 radical (unpaired) electrons. The van der Waals surface area contributed by atoms with E-state index in [9.17, 15) is 18.5 Å². The molecule has 0 aromatic heterocycles. The van der Waals surface area contributed by atoms with E-state index in [2.05, 4.69) is 10.0 Å². The number of nitrogens with one attached hydrogen (secondary N) is 2. The molecule has 1 heterocycles. The van der Waals surface area contributed by atoms with Crippen LogP contribution in [0.5, 0.6) is 0 Å². The number of non-ortho nitro benzene ring substituents is 1. The van der Waals surface area contributed by atoms with Gasteiger partial charge in [0.15, 0.2) is 0 Å². The van der Waals surface area contributed by atoms with Crippen molar-refractivity contribution in [2.24, 2.45) is 0 Å². The lowest BCUT2D eigenvalue weighted by Crippen LogP contribution is -2.38. The van der Waals surface area contributed by atoms with E-state index in [4.69, 9.17) is 11.6 Å². The summed E-state index contributed by atoms with van der Waals surface area (Å²) in [4.78, 5) is 9.93. The van der Waals surface area contributed by atoms with E-state index < -0.39 is 14.9 Å². The first-order valence-corrected chi connectivity index (χ1v) is 9.49. The number of fused-ring (bicyclic) bond motifs is 1. The van der Waals surface area contributed by atoms with Gasteiger partial charge in [-0.05, 0) is 30.2 Å². The molecule has 1 aliphatic rings. The molecule has 0 bridgehead atoms. The molecule has 1 aliphatic heterocycles. The SMILES string of the molecule is Cl.O=[N+]([O-])c1ccc(S(=O)(=O)NCC2NCCc3ccccc32)c(Cl)c1. The standard InChI is InChI=1S/C16H16ClN3O4S.ClH/c17-14-9-12(20(21)22)5-6-16(14)25(23,24)19-10-15-13-4-2-1-3-11(13)7-8-18-15;/h1-6,9,15,18-19H,7-8,10H2;1H. The molecule has 0 fully saturated rings. The maximum Gasteiger partial charge on any atom is 0.271 e. The van der Waals surface area contributed by atoms with E-state index >= 15 is 0 Å². The van der Waals surface area contributed by atoms with Gasteiger partial charge in [0.25, 0.3) is 5.69 Å². The summed E-state index contributed by atoms with van der Waals surface area (Å²) < 4.78 is 27.5. The first-order valence-electron chi connectivity index (χ1n) is 7.63. The van der Waals surface area contributed by atoms with Crippen molar-refractivity contribution < 1.29 is 13.3 Å². The summed E-state index contributed by atoms with van der Waals surface area (Å²) in [5.74, 6) is 0. The number of rotatable bonds is 5. The van der Waals surface area contributed by atoms with Gasteiger partial charge in [0.05, 0.1) is 9.95 Å². The predicted molar refractivity (Wildman–Crippen MR) is 101 cm³/mol. The molecule has 3 rings (SSSR count). The van der Waals surface area contributed by atoms with E-state index in [0.29, 0.717) is 0 Å². The number of hydrogen-bond acceptors (Lipinski definition) is 5. The largest absolute Gasteiger partial charge is 0.308 e. The Balaban J connectivity index is 0.00000243. The zero-order valence-electron chi connectivity index (χ0n) is 13.5. The minimum Gasteiger partial charge on any atom is -0.308 e. The third-order valence-electron chi connectivity index (χ3n) is 4.11. The quantitative estimate of drug-likeness (QED) is 0.575. The summed E-state index contributed by atoms with van der Waals surface area (Å²) in [6, 6.07) is 11.0. The normalized spacial score (nSPS) is 16.4. The van der Waals surface area contributed by atoms with Crippen LogP contribution >= 0.6 is 24.0 Å². The maximum atomic E-state index is 12.5. The fraction of sp³-hybridized carbons (Fsp3) is 0.250. The molecule has 0 saturated heterocycles. The number of hydrogen-bond donors (Lipinski definition) is 2. The molecular formula is C16H17Cl2N3O4S. The van der Waals surface area contributed by atoms with Crippen LogP contribution in [0.4, 0.5) is 5.69 Å². The molecule has 1 atom stereocenters. The zero-order valence-corrected chi connectivity index (χ0v) is 15.9. The van der Waals surface area contributed by atoms with Gasteiger partial charge < -0.3 is 5.32 Å². The molecule has 2 N–H and O–H groups in total. The van der Waals surface area contributed by atoms with Gasteiger partial charge in [-0.1, -0.05) is 35.9 Å². The van der Waals surface area contributed by atoms with Gasteiger partial charge in [0.2, 0.25) is 10.0 Å². The van der Waals surface area contributed by atoms with Crippen molar-refractivity contribution in [1.82, 2.24) is 10.0 Å². The number of nitro groups is 1. The summed E-state index contributed by atoms with van der Waals surface area (Å²) in [6.45, 7) is 0.925. The average Bonchev–Trinajstić information content (AvgIpc) is 2.59. The second kappa shape index (κ2) is 8.32. The highest BCUT2D eigenvalue weighted by Gasteiger charge is 2.24. The Hall–Kier alpha value is -1.71. The molecule has 1 unspecified atom stereocenters. The predicted octanol–water partition coefficient (Wildman–Crippen LogP) is 2.84. The summed E-state index contributed by atoms with van der Waals surface area (Å²) in [5, 5.41) is 13.8. The highest BCUT2D eigenvalue weighted by Crippen LogP contribution is 2.27. The summed E-state index contributed by atoms with van der Waals surface area (Å²) in [7, 11) is -3.88. The second-order valence-corrected chi connectivity index (χ2v) is 7.82. The van der Waals surface area contributed by atoms with Crippen LogP contribution in [0.15, 0.2) is 47.4 Å². The first kappa shape index (κ1) is 20.6. The monoisotopic (exact) mass is 417 g/mol. The van der Waals surface area contributed by atoms with Crippen LogP contribution in [0.1, 0.15) is 17.2 Å². The Morgan fingerprint density at radius 3 is 2.69 bits per heavy atom. The van der Waals surface area contributed by atoms with E-state index in [0.717, 1.165) is 36.7 Å². The minimum atomic E-state index is -3.88. The molecule has 140 valence electrons. The van der Waals surface area contributed by atoms with Gasteiger partial charge in [-0.3, -0.25) is 10.1 Å². The fourth-order valence-corrected chi connectivity index (χ4v) is 4.45. The van der Waals surface area contributed by atoms with E-state index in [-0.39, 0.29) is 40.6 Å². The van der Waals surface area contributed by atoms with E-state index in [1.165, 1.54) is 5.56 Å². The number of nitrogens with zero attached hydrogens (tertiary/aromatic N) is 1. The van der Waals surface area contributed by atoms with Crippen LogP contribution in [0, 0.1) is 10.1 Å². The Bertz CT molecular complexity index is 921. The van der Waals surface area contributed by atoms with Crippen LogP contribution in [0.3, 0.4) is 0 Å². The number of halogens is 2. The lowest BCUT2D eigenvalue weighted by atomic mass is 9.95. The molecule has 26 heavy (non-hydrogen) atoms. The Kier molecular flexibility index (Phi) is 6.59. The molecule has 0 saturated carbocycles. The van der Waals surface area contributed by atoms with Gasteiger partial charge in [0.1, 0.15) is 4.90 Å². The smallest absolute Gasteiger partial charge is 0.271 e. The molecular weight excluding hydrogens is 401 g/mol. The van der Waals surface area contributed by atoms with Crippen LogP contribution in [-0.2, 0) is 16.4 Å². The third-order valence-corrected chi connectivity index (χ3v) is 6.02. The lowest BCUT2D eigenvalue weighted by molar-refractivity contribution is -0.384. The molecule has 0 aliphatic carbocycles. The number of nitro benzene ring substituents is 1. The number of benzene rings is 2. The highest BCUT2D eigenvalue weighted by atomic mass is 35.5. The molecule has 0 amide bonds. The van der Waals surface area contributed by atoms with Gasteiger partial charge in [-0.2, -0.15) is 0 Å². The summed E-state index contributed by atoms with van der Waals surface area (Å²) >= 11 is 5.92. The van der Waals surface area contributed by atoms with Gasteiger partial charge >= 0.3 is 0 Å². The van der Waals surface area contributed by atoms with Gasteiger partial charge in [-0.25, -0.2) is 13.1 Å². The van der Waals surface area contributed by atoms with Gasteiger partial charge in [0, 0.05) is 24.7 Å². The van der Waals surface area contributed by atoms with Gasteiger partial charge in [-0.15, -0.1) is 12.4 Å². The lowest BCUT2D eigenvalue weighted by Gasteiger charge is -2.27. The fourth-order valence-electron chi connectivity index (χ4n) is 2.87. The average molecular weight is 418 g/mol. The number of sulfonamides is 1. The zero-order chi connectivity index (χ0) is 18.0. The van der Waals surface area contributed by atoms with Crippen molar-refractivity contribution in [1.29, 1.82) is 0 Å². The first-order chi connectivity index (χ1) is 11.9. The molecule has 0 spiro atoms. The molecule has 2 aromatic carbocycles. The van der Waals surface area contributed by atoms with Crippen LogP contribution in [0.2, 0.25) is 5.02 Å². The molecule has 2 aromatic rings. The Labute approximate surface area is 162 Å². The minimum absolute atomic E-state index is 0. The maximum absolute atomic E-state index is 12.5. The van der Waals surface area contributed by atoms with Crippen LogP contribution < -0.4 is 10.0 Å². The van der Waals surface area contributed by atoms with E-state index in [1.807, 2.05) is 24.3 Å². The van der Waals surface area contributed by atoms with Crippen molar-refractivity contribution in [3.8, 4) is 0 Å². The summed E-state index contributed by atoms with van der Waals surface area (Å²) in [5.41, 5.74) is 2.00. The summed E-state index contributed by atoms with van der Waals surface area (Å²) in [6.07, 6.45) is 0.896.